The van der Waals surface area contributed by atoms with Gasteiger partial charge in [0.2, 0.25) is 0 Å². The zero-order chi connectivity index (χ0) is 10.8. The minimum Gasteiger partial charge on any atom is -0.396 e. The first-order chi connectivity index (χ1) is 7.22. The lowest BCUT2D eigenvalue weighted by Crippen LogP contribution is -2.02. The molecule has 0 aliphatic heterocycles. The molecule has 0 amide bonds. The molecule has 2 rings (SSSR count). The first kappa shape index (κ1) is 10.1. The van der Waals surface area contributed by atoms with Crippen LogP contribution < -0.4 is 11.1 Å². The number of fused-ring (bicyclic) bond motifs is 1. The summed E-state index contributed by atoms with van der Waals surface area (Å²) in [5, 5.41) is 4.87. The minimum absolute atomic E-state index is 0.645. The monoisotopic (exact) mass is 221 g/mol. The molecule has 1 heterocycles. The number of nitrogens with one attached hydrogen (secondary N) is 1. The van der Waals surface area contributed by atoms with Gasteiger partial charge in [-0.3, -0.25) is 4.98 Å². The van der Waals surface area contributed by atoms with Gasteiger partial charge in [-0.05, 0) is 25.1 Å². The molecule has 1 aromatic heterocycles. The highest BCUT2D eigenvalue weighted by atomic mass is 35.5. The fourth-order valence-corrected chi connectivity index (χ4v) is 1.73. The third kappa shape index (κ3) is 1.83. The summed E-state index contributed by atoms with van der Waals surface area (Å²) in [5.74, 6) is 0. The number of aromatic nitrogens is 1. The number of rotatable bonds is 2. The SMILES string of the molecule is CCNc1c(N)cnc2ccc(Cl)cc12. The second kappa shape index (κ2) is 3.95. The molecular formula is C11H12ClN3. The third-order valence-corrected chi connectivity index (χ3v) is 2.45. The van der Waals surface area contributed by atoms with Crippen molar-refractivity contribution in [3.05, 3.63) is 29.4 Å². The van der Waals surface area contributed by atoms with Crippen LogP contribution in [0.4, 0.5) is 11.4 Å². The lowest BCUT2D eigenvalue weighted by molar-refractivity contribution is 1.22. The van der Waals surface area contributed by atoms with Gasteiger partial charge in [0.15, 0.2) is 0 Å². The number of pyridine rings is 1. The van der Waals surface area contributed by atoms with Crippen LogP contribution in [0.5, 0.6) is 0 Å². The molecule has 0 bridgehead atoms. The highest BCUT2D eigenvalue weighted by molar-refractivity contribution is 6.31. The van der Waals surface area contributed by atoms with E-state index in [9.17, 15) is 0 Å². The molecule has 0 saturated heterocycles. The van der Waals surface area contributed by atoms with Crippen LogP contribution in [0.2, 0.25) is 5.02 Å². The van der Waals surface area contributed by atoms with Crippen molar-refractivity contribution >= 4 is 33.9 Å². The van der Waals surface area contributed by atoms with E-state index >= 15 is 0 Å². The summed E-state index contributed by atoms with van der Waals surface area (Å²) in [4.78, 5) is 4.24. The summed E-state index contributed by atoms with van der Waals surface area (Å²) in [6.45, 7) is 2.84. The molecular weight excluding hydrogens is 210 g/mol. The Morgan fingerprint density at radius 2 is 2.27 bits per heavy atom. The number of nitrogens with two attached hydrogens (primary N) is 1. The molecule has 0 saturated carbocycles. The molecule has 1 aromatic carbocycles. The molecule has 0 aliphatic rings. The van der Waals surface area contributed by atoms with Gasteiger partial charge in [-0.1, -0.05) is 11.6 Å². The number of benzene rings is 1. The molecule has 0 fully saturated rings. The maximum atomic E-state index is 5.95. The van der Waals surface area contributed by atoms with Gasteiger partial charge >= 0.3 is 0 Å². The van der Waals surface area contributed by atoms with Crippen LogP contribution in [0.15, 0.2) is 24.4 Å². The Kier molecular flexibility index (Phi) is 2.64. The van der Waals surface area contributed by atoms with E-state index in [1.807, 2.05) is 25.1 Å². The van der Waals surface area contributed by atoms with E-state index in [-0.39, 0.29) is 0 Å². The second-order valence-corrected chi connectivity index (χ2v) is 3.72. The Bertz CT molecular complexity index is 491. The van der Waals surface area contributed by atoms with Crippen LogP contribution in [0.1, 0.15) is 6.92 Å². The minimum atomic E-state index is 0.645. The zero-order valence-corrected chi connectivity index (χ0v) is 9.17. The van der Waals surface area contributed by atoms with Gasteiger partial charge < -0.3 is 11.1 Å². The molecule has 0 atom stereocenters. The molecule has 0 unspecified atom stereocenters. The van der Waals surface area contributed by atoms with Crippen LogP contribution in [-0.4, -0.2) is 11.5 Å². The molecule has 2 aromatic rings. The second-order valence-electron chi connectivity index (χ2n) is 3.28. The van der Waals surface area contributed by atoms with Crippen molar-refractivity contribution in [3.8, 4) is 0 Å². The fourth-order valence-electron chi connectivity index (χ4n) is 1.55. The Labute approximate surface area is 93.3 Å². The third-order valence-electron chi connectivity index (χ3n) is 2.21. The quantitative estimate of drug-likeness (QED) is 0.820. The summed E-state index contributed by atoms with van der Waals surface area (Å²) in [6, 6.07) is 5.58. The maximum absolute atomic E-state index is 5.95. The number of halogens is 1. The lowest BCUT2D eigenvalue weighted by atomic mass is 10.1. The van der Waals surface area contributed by atoms with Gasteiger partial charge in [0, 0.05) is 17.0 Å². The Hall–Kier alpha value is -1.48. The molecule has 78 valence electrons. The largest absolute Gasteiger partial charge is 0.396 e. The smallest absolute Gasteiger partial charge is 0.0743 e. The summed E-state index contributed by atoms with van der Waals surface area (Å²) in [5.41, 5.74) is 8.30. The average Bonchev–Trinajstić information content (AvgIpc) is 2.23. The number of nitrogen functional groups attached to an aromatic ring is 1. The maximum Gasteiger partial charge on any atom is 0.0743 e. The van der Waals surface area contributed by atoms with E-state index in [1.54, 1.807) is 6.20 Å². The summed E-state index contributed by atoms with van der Waals surface area (Å²) >= 11 is 5.95. The van der Waals surface area contributed by atoms with Gasteiger partial charge in [0.05, 0.1) is 23.1 Å². The van der Waals surface area contributed by atoms with E-state index in [0.717, 1.165) is 23.1 Å². The summed E-state index contributed by atoms with van der Waals surface area (Å²) in [6.07, 6.45) is 1.66. The van der Waals surface area contributed by atoms with Crippen LogP contribution in [0, 0.1) is 0 Å². The van der Waals surface area contributed by atoms with Crippen molar-refractivity contribution in [2.75, 3.05) is 17.6 Å². The molecule has 3 N–H and O–H groups in total. The molecule has 3 nitrogen and oxygen atoms in total. The summed E-state index contributed by atoms with van der Waals surface area (Å²) in [7, 11) is 0. The van der Waals surface area contributed by atoms with E-state index < -0.39 is 0 Å². The van der Waals surface area contributed by atoms with Crippen molar-refractivity contribution < 1.29 is 0 Å². The fraction of sp³-hybridized carbons (Fsp3) is 0.182. The van der Waals surface area contributed by atoms with Crippen molar-refractivity contribution in [1.29, 1.82) is 0 Å². The first-order valence-electron chi connectivity index (χ1n) is 4.80. The standard InChI is InChI=1S/C11H12ClN3/c1-2-14-11-8-5-7(12)3-4-10(8)15-6-9(11)13/h3-6H,2,13H2,1H3,(H,14,15). The van der Waals surface area contributed by atoms with Gasteiger partial charge in [-0.25, -0.2) is 0 Å². The van der Waals surface area contributed by atoms with E-state index in [4.69, 9.17) is 17.3 Å². The normalized spacial score (nSPS) is 10.5. The van der Waals surface area contributed by atoms with Crippen LogP contribution >= 0.6 is 11.6 Å². The molecule has 0 aliphatic carbocycles. The Morgan fingerprint density at radius 3 is 3.00 bits per heavy atom. The highest BCUT2D eigenvalue weighted by Gasteiger charge is 2.05. The predicted octanol–water partition coefficient (Wildman–Crippen LogP) is 2.90. The molecule has 4 heteroatoms. The van der Waals surface area contributed by atoms with E-state index in [2.05, 4.69) is 10.3 Å². The molecule has 15 heavy (non-hydrogen) atoms. The molecule has 0 radical (unpaired) electrons. The van der Waals surface area contributed by atoms with Crippen molar-refractivity contribution in [3.63, 3.8) is 0 Å². The Morgan fingerprint density at radius 1 is 1.47 bits per heavy atom. The number of hydrogen-bond acceptors (Lipinski definition) is 3. The lowest BCUT2D eigenvalue weighted by Gasteiger charge is -2.10. The van der Waals surface area contributed by atoms with Gasteiger partial charge in [-0.2, -0.15) is 0 Å². The van der Waals surface area contributed by atoms with Crippen molar-refractivity contribution in [1.82, 2.24) is 4.98 Å². The van der Waals surface area contributed by atoms with Crippen LogP contribution in [0.3, 0.4) is 0 Å². The van der Waals surface area contributed by atoms with Crippen LogP contribution in [0.25, 0.3) is 10.9 Å². The van der Waals surface area contributed by atoms with Gasteiger partial charge in [0.1, 0.15) is 0 Å². The van der Waals surface area contributed by atoms with E-state index in [0.29, 0.717) is 10.7 Å². The zero-order valence-electron chi connectivity index (χ0n) is 8.42. The number of anilines is 2. The van der Waals surface area contributed by atoms with Gasteiger partial charge in [0.25, 0.3) is 0 Å². The predicted molar refractivity (Wildman–Crippen MR) is 65.3 cm³/mol. The first-order valence-corrected chi connectivity index (χ1v) is 5.17. The topological polar surface area (TPSA) is 50.9 Å². The molecule has 0 spiro atoms. The van der Waals surface area contributed by atoms with E-state index in [1.165, 1.54) is 0 Å². The van der Waals surface area contributed by atoms with Crippen LogP contribution in [-0.2, 0) is 0 Å². The summed E-state index contributed by atoms with van der Waals surface area (Å²) < 4.78 is 0. The van der Waals surface area contributed by atoms with Gasteiger partial charge in [-0.15, -0.1) is 0 Å². The number of hydrogen-bond donors (Lipinski definition) is 2. The Balaban J connectivity index is 2.72. The average molecular weight is 222 g/mol. The van der Waals surface area contributed by atoms with Crippen molar-refractivity contribution in [2.45, 2.75) is 6.92 Å². The highest BCUT2D eigenvalue weighted by Crippen LogP contribution is 2.29. The number of nitrogens with zero attached hydrogens (tertiary/aromatic N) is 1. The van der Waals surface area contributed by atoms with Crippen molar-refractivity contribution in [2.24, 2.45) is 0 Å².